The molecule has 0 aliphatic carbocycles. The zero-order valence-corrected chi connectivity index (χ0v) is 13.1. The fraction of sp³-hybridized carbons (Fsp3) is 0.667. The van der Waals surface area contributed by atoms with Gasteiger partial charge in [-0.2, -0.15) is 5.10 Å². The highest BCUT2D eigenvalue weighted by atomic mass is 16.2. The SMILES string of the molecule is CCNC(=O)CC1CCCCN1C(=O)c1cc(C)nn1C. The normalized spacial score (nSPS) is 18.6. The number of aryl methyl sites for hydroxylation is 2. The molecular formula is C15H24N4O2. The van der Waals surface area contributed by atoms with Crippen LogP contribution in [0.4, 0.5) is 0 Å². The summed E-state index contributed by atoms with van der Waals surface area (Å²) in [7, 11) is 1.78. The molecular weight excluding hydrogens is 268 g/mol. The van der Waals surface area contributed by atoms with Crippen molar-refractivity contribution in [3.63, 3.8) is 0 Å². The maximum atomic E-state index is 12.7. The van der Waals surface area contributed by atoms with E-state index in [9.17, 15) is 9.59 Å². The number of nitrogens with zero attached hydrogens (tertiary/aromatic N) is 3. The molecule has 0 aromatic carbocycles. The van der Waals surface area contributed by atoms with Crippen molar-refractivity contribution < 1.29 is 9.59 Å². The Bertz CT molecular complexity index is 524. The molecule has 0 saturated carbocycles. The van der Waals surface area contributed by atoms with Crippen LogP contribution in [0.25, 0.3) is 0 Å². The fourth-order valence-electron chi connectivity index (χ4n) is 2.92. The number of piperidine rings is 1. The van der Waals surface area contributed by atoms with Crippen LogP contribution in [0.3, 0.4) is 0 Å². The van der Waals surface area contributed by atoms with E-state index in [4.69, 9.17) is 0 Å². The molecule has 1 aromatic heterocycles. The molecule has 0 spiro atoms. The predicted octanol–water partition coefficient (Wildman–Crippen LogP) is 1.25. The third-order valence-electron chi connectivity index (χ3n) is 3.90. The van der Waals surface area contributed by atoms with E-state index in [-0.39, 0.29) is 17.9 Å². The smallest absolute Gasteiger partial charge is 0.272 e. The second kappa shape index (κ2) is 6.74. The third-order valence-corrected chi connectivity index (χ3v) is 3.90. The Labute approximate surface area is 125 Å². The first-order valence-corrected chi connectivity index (χ1v) is 7.61. The summed E-state index contributed by atoms with van der Waals surface area (Å²) in [4.78, 5) is 26.4. The number of likely N-dealkylation sites (tertiary alicyclic amines) is 1. The molecule has 0 radical (unpaired) electrons. The van der Waals surface area contributed by atoms with Crippen LogP contribution in [0.15, 0.2) is 6.07 Å². The van der Waals surface area contributed by atoms with Crippen molar-refractivity contribution in [2.75, 3.05) is 13.1 Å². The summed E-state index contributed by atoms with van der Waals surface area (Å²) in [6, 6.07) is 1.80. The number of nitrogens with one attached hydrogen (secondary N) is 1. The Morgan fingerprint density at radius 2 is 2.19 bits per heavy atom. The van der Waals surface area contributed by atoms with Crippen LogP contribution in [0.5, 0.6) is 0 Å². The minimum absolute atomic E-state index is 0.00648. The molecule has 1 aliphatic heterocycles. The Hall–Kier alpha value is -1.85. The second-order valence-corrected chi connectivity index (χ2v) is 5.60. The number of hydrogen-bond donors (Lipinski definition) is 1. The van der Waals surface area contributed by atoms with E-state index >= 15 is 0 Å². The van der Waals surface area contributed by atoms with Gasteiger partial charge in [-0.3, -0.25) is 14.3 Å². The number of hydrogen-bond acceptors (Lipinski definition) is 3. The molecule has 2 rings (SSSR count). The van der Waals surface area contributed by atoms with Crippen molar-refractivity contribution in [2.24, 2.45) is 7.05 Å². The molecule has 116 valence electrons. The Balaban J connectivity index is 2.12. The van der Waals surface area contributed by atoms with Gasteiger partial charge < -0.3 is 10.2 Å². The van der Waals surface area contributed by atoms with Crippen LogP contribution in [0.1, 0.15) is 48.8 Å². The van der Waals surface area contributed by atoms with Crippen molar-refractivity contribution in [3.05, 3.63) is 17.5 Å². The average molecular weight is 292 g/mol. The lowest BCUT2D eigenvalue weighted by molar-refractivity contribution is -0.122. The molecule has 1 atom stereocenters. The lowest BCUT2D eigenvalue weighted by atomic mass is 9.98. The van der Waals surface area contributed by atoms with Crippen LogP contribution in [-0.2, 0) is 11.8 Å². The van der Waals surface area contributed by atoms with Crippen molar-refractivity contribution in [3.8, 4) is 0 Å². The molecule has 0 bridgehead atoms. The van der Waals surface area contributed by atoms with Gasteiger partial charge in [0.2, 0.25) is 5.91 Å². The van der Waals surface area contributed by atoms with E-state index < -0.39 is 0 Å². The molecule has 6 nitrogen and oxygen atoms in total. The summed E-state index contributed by atoms with van der Waals surface area (Å²) in [6.45, 7) is 5.12. The van der Waals surface area contributed by atoms with Crippen molar-refractivity contribution >= 4 is 11.8 Å². The Morgan fingerprint density at radius 1 is 1.43 bits per heavy atom. The zero-order valence-electron chi connectivity index (χ0n) is 13.1. The van der Waals surface area contributed by atoms with Gasteiger partial charge >= 0.3 is 0 Å². The second-order valence-electron chi connectivity index (χ2n) is 5.60. The van der Waals surface area contributed by atoms with E-state index in [0.717, 1.165) is 25.0 Å². The summed E-state index contributed by atoms with van der Waals surface area (Å²) in [6.07, 6.45) is 3.34. The van der Waals surface area contributed by atoms with Gasteiger partial charge in [-0.25, -0.2) is 0 Å². The minimum Gasteiger partial charge on any atom is -0.356 e. The topological polar surface area (TPSA) is 67.2 Å². The summed E-state index contributed by atoms with van der Waals surface area (Å²) < 4.78 is 1.62. The number of amides is 2. The third kappa shape index (κ3) is 3.62. The predicted molar refractivity (Wildman–Crippen MR) is 79.9 cm³/mol. The van der Waals surface area contributed by atoms with Crippen LogP contribution in [0.2, 0.25) is 0 Å². The first-order chi connectivity index (χ1) is 10.0. The van der Waals surface area contributed by atoms with E-state index in [1.165, 1.54) is 0 Å². The van der Waals surface area contributed by atoms with Gasteiger partial charge in [0, 0.05) is 32.6 Å². The van der Waals surface area contributed by atoms with Crippen LogP contribution in [0, 0.1) is 6.92 Å². The Morgan fingerprint density at radius 3 is 2.81 bits per heavy atom. The van der Waals surface area contributed by atoms with Gasteiger partial charge in [0.25, 0.3) is 5.91 Å². The molecule has 6 heteroatoms. The average Bonchev–Trinajstić information content (AvgIpc) is 2.78. The molecule has 1 fully saturated rings. The first-order valence-electron chi connectivity index (χ1n) is 7.61. The largest absolute Gasteiger partial charge is 0.356 e. The van der Waals surface area contributed by atoms with E-state index in [1.54, 1.807) is 17.8 Å². The minimum atomic E-state index is -0.0212. The van der Waals surface area contributed by atoms with Crippen molar-refractivity contribution in [1.82, 2.24) is 20.0 Å². The molecule has 21 heavy (non-hydrogen) atoms. The van der Waals surface area contributed by atoms with Gasteiger partial charge in [0.1, 0.15) is 5.69 Å². The van der Waals surface area contributed by atoms with Crippen LogP contribution in [-0.4, -0.2) is 45.6 Å². The molecule has 1 aliphatic rings. The summed E-state index contributed by atoms with van der Waals surface area (Å²) in [5.74, 6) is -0.00418. The van der Waals surface area contributed by atoms with Gasteiger partial charge in [-0.1, -0.05) is 0 Å². The number of carbonyl (C=O) groups is 2. The van der Waals surface area contributed by atoms with Gasteiger partial charge in [0.15, 0.2) is 0 Å². The standard InChI is InChI=1S/C15H24N4O2/c1-4-16-14(20)10-12-7-5-6-8-19(12)15(21)13-9-11(2)17-18(13)3/h9,12H,4-8,10H2,1-3H3,(H,16,20). The number of carbonyl (C=O) groups excluding carboxylic acids is 2. The molecule has 1 aromatic rings. The lowest BCUT2D eigenvalue weighted by Crippen LogP contribution is -2.46. The maximum absolute atomic E-state index is 12.7. The molecule has 1 unspecified atom stereocenters. The highest BCUT2D eigenvalue weighted by molar-refractivity contribution is 5.93. The highest BCUT2D eigenvalue weighted by Gasteiger charge is 2.30. The lowest BCUT2D eigenvalue weighted by Gasteiger charge is -2.35. The van der Waals surface area contributed by atoms with E-state index in [2.05, 4.69) is 10.4 Å². The van der Waals surface area contributed by atoms with Crippen LogP contribution < -0.4 is 5.32 Å². The number of aromatic nitrogens is 2. The van der Waals surface area contributed by atoms with Crippen LogP contribution >= 0.6 is 0 Å². The molecule has 1 N–H and O–H groups in total. The molecule has 2 amide bonds. The summed E-state index contributed by atoms with van der Waals surface area (Å²) in [5, 5.41) is 7.05. The van der Waals surface area contributed by atoms with Gasteiger partial charge in [-0.05, 0) is 39.2 Å². The fourth-order valence-corrected chi connectivity index (χ4v) is 2.92. The van der Waals surface area contributed by atoms with Gasteiger partial charge in [-0.15, -0.1) is 0 Å². The molecule has 1 saturated heterocycles. The monoisotopic (exact) mass is 292 g/mol. The molecule has 2 heterocycles. The van der Waals surface area contributed by atoms with Crippen molar-refractivity contribution in [2.45, 2.75) is 45.6 Å². The van der Waals surface area contributed by atoms with Crippen molar-refractivity contribution in [1.29, 1.82) is 0 Å². The van der Waals surface area contributed by atoms with E-state index in [1.807, 2.05) is 18.7 Å². The zero-order chi connectivity index (χ0) is 15.4. The maximum Gasteiger partial charge on any atom is 0.272 e. The summed E-state index contributed by atoms with van der Waals surface area (Å²) >= 11 is 0. The quantitative estimate of drug-likeness (QED) is 0.908. The Kier molecular flexibility index (Phi) is 4.98. The highest BCUT2D eigenvalue weighted by Crippen LogP contribution is 2.22. The number of rotatable bonds is 4. The summed E-state index contributed by atoms with van der Waals surface area (Å²) in [5.41, 5.74) is 1.42. The first kappa shape index (κ1) is 15.5. The van der Waals surface area contributed by atoms with Gasteiger partial charge in [0.05, 0.1) is 5.69 Å². The van der Waals surface area contributed by atoms with E-state index in [0.29, 0.717) is 25.2 Å².